The SMILES string of the molecule is COc1ccc(C(CNC(=O)C2CCCCC2)c2c[nH]c3ccccc23)cc1. The highest BCUT2D eigenvalue weighted by atomic mass is 16.5. The van der Waals surface area contributed by atoms with Crippen LogP contribution in [-0.2, 0) is 4.79 Å². The number of nitrogens with one attached hydrogen (secondary N) is 2. The molecule has 1 amide bonds. The minimum absolute atomic E-state index is 0.0922. The first-order valence-electron chi connectivity index (χ1n) is 10.2. The van der Waals surface area contributed by atoms with Gasteiger partial charge in [-0.25, -0.2) is 0 Å². The molecule has 0 bridgehead atoms. The monoisotopic (exact) mass is 376 g/mol. The maximum Gasteiger partial charge on any atom is 0.223 e. The van der Waals surface area contributed by atoms with Crippen LogP contribution in [0, 0.1) is 5.92 Å². The van der Waals surface area contributed by atoms with Gasteiger partial charge in [0.05, 0.1) is 7.11 Å². The maximum absolute atomic E-state index is 12.7. The summed E-state index contributed by atoms with van der Waals surface area (Å²) in [6.45, 7) is 0.601. The first-order valence-corrected chi connectivity index (χ1v) is 10.2. The molecular formula is C24H28N2O2. The van der Waals surface area contributed by atoms with E-state index in [9.17, 15) is 4.79 Å². The normalized spacial score (nSPS) is 16.0. The number of rotatable bonds is 6. The Labute approximate surface area is 166 Å². The number of carbonyl (C=O) groups is 1. The van der Waals surface area contributed by atoms with Gasteiger partial charge in [-0.2, -0.15) is 0 Å². The lowest BCUT2D eigenvalue weighted by atomic mass is 9.87. The smallest absolute Gasteiger partial charge is 0.223 e. The van der Waals surface area contributed by atoms with Crippen molar-refractivity contribution in [2.75, 3.05) is 13.7 Å². The van der Waals surface area contributed by atoms with Gasteiger partial charge >= 0.3 is 0 Å². The Balaban J connectivity index is 1.60. The van der Waals surface area contributed by atoms with Crippen molar-refractivity contribution >= 4 is 16.8 Å². The first kappa shape index (κ1) is 18.6. The lowest BCUT2D eigenvalue weighted by molar-refractivity contribution is -0.125. The van der Waals surface area contributed by atoms with E-state index in [-0.39, 0.29) is 17.7 Å². The number of carbonyl (C=O) groups excluding carboxylic acids is 1. The summed E-state index contributed by atoms with van der Waals surface area (Å²) in [6, 6.07) is 16.5. The average Bonchev–Trinajstić information content (AvgIpc) is 3.19. The zero-order valence-electron chi connectivity index (χ0n) is 16.4. The topological polar surface area (TPSA) is 54.1 Å². The average molecular weight is 376 g/mol. The fourth-order valence-electron chi connectivity index (χ4n) is 4.34. The van der Waals surface area contributed by atoms with Crippen molar-refractivity contribution in [2.45, 2.75) is 38.0 Å². The van der Waals surface area contributed by atoms with Crippen LogP contribution in [0.1, 0.15) is 49.1 Å². The van der Waals surface area contributed by atoms with Crippen LogP contribution in [0.4, 0.5) is 0 Å². The zero-order chi connectivity index (χ0) is 19.3. The van der Waals surface area contributed by atoms with Crippen LogP contribution in [0.2, 0.25) is 0 Å². The number of aromatic nitrogens is 1. The van der Waals surface area contributed by atoms with Crippen LogP contribution in [0.25, 0.3) is 10.9 Å². The summed E-state index contributed by atoms with van der Waals surface area (Å²) in [5, 5.41) is 4.45. The molecule has 4 heteroatoms. The lowest BCUT2D eigenvalue weighted by Gasteiger charge is -2.23. The number of ether oxygens (including phenoxy) is 1. The van der Waals surface area contributed by atoms with Gasteiger partial charge in [-0.1, -0.05) is 49.6 Å². The molecule has 4 rings (SSSR count). The van der Waals surface area contributed by atoms with Gasteiger partial charge in [0.2, 0.25) is 5.91 Å². The fraction of sp³-hybridized carbons (Fsp3) is 0.375. The van der Waals surface area contributed by atoms with Crippen molar-refractivity contribution in [1.29, 1.82) is 0 Å². The van der Waals surface area contributed by atoms with E-state index in [2.05, 4.69) is 46.8 Å². The number of hydrogen-bond donors (Lipinski definition) is 2. The molecule has 1 fully saturated rings. The molecule has 0 aliphatic heterocycles. The maximum atomic E-state index is 12.7. The molecule has 0 radical (unpaired) electrons. The van der Waals surface area contributed by atoms with Crippen LogP contribution in [0.5, 0.6) is 5.75 Å². The van der Waals surface area contributed by atoms with Crippen LogP contribution >= 0.6 is 0 Å². The fourth-order valence-corrected chi connectivity index (χ4v) is 4.34. The Morgan fingerprint density at radius 3 is 2.61 bits per heavy atom. The molecule has 2 aromatic carbocycles. The highest BCUT2D eigenvalue weighted by molar-refractivity contribution is 5.84. The third-order valence-corrected chi connectivity index (χ3v) is 5.97. The predicted octanol–water partition coefficient (Wildman–Crippen LogP) is 5.00. The molecule has 1 saturated carbocycles. The van der Waals surface area contributed by atoms with Gasteiger partial charge in [0.1, 0.15) is 5.75 Å². The number of methoxy groups -OCH3 is 1. The molecule has 0 saturated heterocycles. The van der Waals surface area contributed by atoms with E-state index >= 15 is 0 Å². The van der Waals surface area contributed by atoms with Crippen LogP contribution in [-0.4, -0.2) is 24.5 Å². The van der Waals surface area contributed by atoms with Crippen molar-refractivity contribution in [3.63, 3.8) is 0 Å². The molecule has 0 spiro atoms. The van der Waals surface area contributed by atoms with Crippen LogP contribution in [0.3, 0.4) is 0 Å². The number of H-pyrrole nitrogens is 1. The molecule has 28 heavy (non-hydrogen) atoms. The second kappa shape index (κ2) is 8.51. The quantitative estimate of drug-likeness (QED) is 0.636. The van der Waals surface area contributed by atoms with Crippen molar-refractivity contribution < 1.29 is 9.53 Å². The number of amides is 1. The van der Waals surface area contributed by atoms with Crippen molar-refractivity contribution in [3.8, 4) is 5.75 Å². The molecule has 3 aromatic rings. The van der Waals surface area contributed by atoms with E-state index in [0.29, 0.717) is 6.54 Å². The predicted molar refractivity (Wildman–Crippen MR) is 113 cm³/mol. The standard InChI is InChI=1S/C24H28N2O2/c1-28-19-13-11-17(12-14-19)21(15-26-24(27)18-7-3-2-4-8-18)22-16-25-23-10-6-5-9-20(22)23/h5-6,9-14,16,18,21,25H,2-4,7-8,15H2,1H3,(H,26,27). The summed E-state index contributed by atoms with van der Waals surface area (Å²) in [5.41, 5.74) is 3.51. The van der Waals surface area contributed by atoms with Crippen LogP contribution in [0.15, 0.2) is 54.7 Å². The Morgan fingerprint density at radius 1 is 1.11 bits per heavy atom. The van der Waals surface area contributed by atoms with Gasteiger partial charge < -0.3 is 15.0 Å². The molecule has 1 aliphatic rings. The highest BCUT2D eigenvalue weighted by Crippen LogP contribution is 2.32. The summed E-state index contributed by atoms with van der Waals surface area (Å²) in [4.78, 5) is 16.1. The van der Waals surface area contributed by atoms with E-state index in [1.54, 1.807) is 7.11 Å². The largest absolute Gasteiger partial charge is 0.497 e. The number of hydrogen-bond acceptors (Lipinski definition) is 2. The number of benzene rings is 2. The van der Waals surface area contributed by atoms with Gasteiger partial charge in [-0.05, 0) is 42.2 Å². The van der Waals surface area contributed by atoms with E-state index in [4.69, 9.17) is 4.74 Å². The summed E-state index contributed by atoms with van der Waals surface area (Å²) in [5.74, 6) is 1.31. The molecule has 1 unspecified atom stereocenters. The van der Waals surface area contributed by atoms with Crippen molar-refractivity contribution in [3.05, 3.63) is 65.9 Å². The molecule has 1 heterocycles. The molecule has 146 valence electrons. The summed E-state index contributed by atoms with van der Waals surface area (Å²) in [6.07, 6.45) is 7.71. The number of aromatic amines is 1. The van der Waals surface area contributed by atoms with E-state index < -0.39 is 0 Å². The van der Waals surface area contributed by atoms with Crippen molar-refractivity contribution in [2.24, 2.45) is 5.92 Å². The van der Waals surface area contributed by atoms with Crippen molar-refractivity contribution in [1.82, 2.24) is 10.3 Å². The minimum Gasteiger partial charge on any atom is -0.497 e. The Bertz CT molecular complexity index is 923. The molecule has 2 N–H and O–H groups in total. The number of para-hydroxylation sites is 1. The second-order valence-electron chi connectivity index (χ2n) is 7.70. The van der Waals surface area contributed by atoms with E-state index in [0.717, 1.165) is 24.1 Å². The second-order valence-corrected chi connectivity index (χ2v) is 7.70. The molecule has 1 aliphatic carbocycles. The van der Waals surface area contributed by atoms with E-state index in [1.807, 2.05) is 18.2 Å². The first-order chi connectivity index (χ1) is 13.8. The van der Waals surface area contributed by atoms with Gasteiger partial charge in [0.15, 0.2) is 0 Å². The number of fused-ring (bicyclic) bond motifs is 1. The molecule has 1 aromatic heterocycles. The van der Waals surface area contributed by atoms with Gasteiger partial charge in [-0.3, -0.25) is 4.79 Å². The lowest BCUT2D eigenvalue weighted by Crippen LogP contribution is -2.35. The zero-order valence-corrected chi connectivity index (χ0v) is 16.4. The Kier molecular flexibility index (Phi) is 5.65. The third-order valence-electron chi connectivity index (χ3n) is 5.97. The third kappa shape index (κ3) is 3.91. The van der Waals surface area contributed by atoms with Gasteiger partial charge in [0, 0.05) is 35.5 Å². The molecular weight excluding hydrogens is 348 g/mol. The molecule has 4 nitrogen and oxygen atoms in total. The van der Waals surface area contributed by atoms with Crippen LogP contribution < -0.4 is 10.1 Å². The Morgan fingerprint density at radius 2 is 1.86 bits per heavy atom. The summed E-state index contributed by atoms with van der Waals surface area (Å²) >= 11 is 0. The highest BCUT2D eigenvalue weighted by Gasteiger charge is 2.24. The van der Waals surface area contributed by atoms with E-state index in [1.165, 1.54) is 35.8 Å². The molecule has 1 atom stereocenters. The summed E-state index contributed by atoms with van der Waals surface area (Å²) in [7, 11) is 1.68. The summed E-state index contributed by atoms with van der Waals surface area (Å²) < 4.78 is 5.31. The minimum atomic E-state index is 0.0922. The van der Waals surface area contributed by atoms with Gasteiger partial charge in [-0.15, -0.1) is 0 Å². The Hall–Kier alpha value is -2.75. The van der Waals surface area contributed by atoms with Gasteiger partial charge in [0.25, 0.3) is 0 Å².